The van der Waals surface area contributed by atoms with E-state index in [4.69, 9.17) is 11.6 Å². The Labute approximate surface area is 106 Å². The monoisotopic (exact) mass is 298 g/mol. The van der Waals surface area contributed by atoms with Gasteiger partial charge in [0.25, 0.3) is 0 Å². The van der Waals surface area contributed by atoms with Crippen molar-refractivity contribution in [3.63, 3.8) is 0 Å². The van der Waals surface area contributed by atoms with Crippen LogP contribution in [0.2, 0.25) is 5.02 Å². The summed E-state index contributed by atoms with van der Waals surface area (Å²) in [7, 11) is 0. The Kier molecular flexibility index (Phi) is 3.69. The highest BCUT2D eigenvalue weighted by Crippen LogP contribution is 2.22. The predicted molar refractivity (Wildman–Crippen MR) is 66.3 cm³/mol. The molecule has 0 saturated carbocycles. The second-order valence-corrected chi connectivity index (χ2v) is 4.38. The van der Waals surface area contributed by atoms with Gasteiger partial charge in [-0.1, -0.05) is 11.6 Å². The zero-order chi connectivity index (χ0) is 11.4. The normalized spacial score (nSPS) is 10.1. The van der Waals surface area contributed by atoms with Gasteiger partial charge >= 0.3 is 0 Å². The van der Waals surface area contributed by atoms with Gasteiger partial charge in [0.05, 0.1) is 17.3 Å². The van der Waals surface area contributed by atoms with Crippen molar-refractivity contribution >= 4 is 33.3 Å². The van der Waals surface area contributed by atoms with E-state index in [0.717, 1.165) is 10.2 Å². The molecule has 0 fully saturated rings. The zero-order valence-electron chi connectivity index (χ0n) is 8.19. The van der Waals surface area contributed by atoms with E-state index in [9.17, 15) is 0 Å². The van der Waals surface area contributed by atoms with Gasteiger partial charge in [-0.15, -0.1) is 0 Å². The SMILES string of the molecule is Clc1cc(Br)cnc1NCc1cccnn1. The standard InChI is InChI=1S/C10H8BrClN4/c11-7-4-9(12)10(13-5-7)14-6-8-2-1-3-15-16-8/h1-5H,6H2,(H,13,14). The molecule has 0 amide bonds. The maximum atomic E-state index is 6.00. The molecule has 16 heavy (non-hydrogen) atoms. The fourth-order valence-corrected chi connectivity index (χ4v) is 1.84. The number of hydrogen-bond acceptors (Lipinski definition) is 4. The maximum absolute atomic E-state index is 6.00. The average Bonchev–Trinajstić information content (AvgIpc) is 2.29. The Morgan fingerprint density at radius 2 is 2.31 bits per heavy atom. The number of rotatable bonds is 3. The van der Waals surface area contributed by atoms with Crippen molar-refractivity contribution in [3.05, 3.63) is 45.8 Å². The fourth-order valence-electron chi connectivity index (χ4n) is 1.15. The van der Waals surface area contributed by atoms with Crippen LogP contribution < -0.4 is 5.32 Å². The molecule has 6 heteroatoms. The Balaban J connectivity index is 2.05. The van der Waals surface area contributed by atoms with Crippen LogP contribution in [0.15, 0.2) is 35.1 Å². The summed E-state index contributed by atoms with van der Waals surface area (Å²) in [6.07, 6.45) is 3.32. The smallest absolute Gasteiger partial charge is 0.145 e. The first kappa shape index (κ1) is 11.3. The average molecular weight is 300 g/mol. The van der Waals surface area contributed by atoms with E-state index in [-0.39, 0.29) is 0 Å². The van der Waals surface area contributed by atoms with Crippen LogP contribution in [-0.2, 0) is 6.54 Å². The topological polar surface area (TPSA) is 50.7 Å². The summed E-state index contributed by atoms with van der Waals surface area (Å²) in [4.78, 5) is 4.15. The van der Waals surface area contributed by atoms with E-state index in [1.165, 1.54) is 0 Å². The fraction of sp³-hybridized carbons (Fsp3) is 0.100. The lowest BCUT2D eigenvalue weighted by Crippen LogP contribution is -2.04. The maximum Gasteiger partial charge on any atom is 0.145 e. The second kappa shape index (κ2) is 5.23. The molecular weight excluding hydrogens is 291 g/mol. The van der Waals surface area contributed by atoms with Crippen molar-refractivity contribution in [2.75, 3.05) is 5.32 Å². The molecule has 0 aliphatic heterocycles. The third-order valence-corrected chi connectivity index (χ3v) is 2.59. The first-order valence-electron chi connectivity index (χ1n) is 4.57. The van der Waals surface area contributed by atoms with Gasteiger partial charge in [-0.25, -0.2) is 4.98 Å². The lowest BCUT2D eigenvalue weighted by atomic mass is 10.4. The molecule has 0 atom stereocenters. The van der Waals surface area contributed by atoms with Gasteiger partial charge in [0.1, 0.15) is 5.82 Å². The van der Waals surface area contributed by atoms with Crippen LogP contribution >= 0.6 is 27.5 Å². The minimum absolute atomic E-state index is 0.544. The van der Waals surface area contributed by atoms with Gasteiger partial charge < -0.3 is 5.32 Å². The van der Waals surface area contributed by atoms with Crippen molar-refractivity contribution < 1.29 is 0 Å². The Morgan fingerprint density at radius 3 is 3.00 bits per heavy atom. The van der Waals surface area contributed by atoms with Gasteiger partial charge in [-0.2, -0.15) is 10.2 Å². The summed E-state index contributed by atoms with van der Waals surface area (Å²) in [5.41, 5.74) is 0.836. The molecule has 0 aliphatic rings. The predicted octanol–water partition coefficient (Wildman–Crippen LogP) is 2.90. The van der Waals surface area contributed by atoms with E-state index in [2.05, 4.69) is 36.4 Å². The zero-order valence-corrected chi connectivity index (χ0v) is 10.5. The highest BCUT2D eigenvalue weighted by Gasteiger charge is 2.02. The third kappa shape index (κ3) is 2.90. The summed E-state index contributed by atoms with van der Waals surface area (Å²) in [6, 6.07) is 5.50. The van der Waals surface area contributed by atoms with E-state index in [1.807, 2.05) is 12.1 Å². The first-order valence-corrected chi connectivity index (χ1v) is 5.74. The van der Waals surface area contributed by atoms with Crippen LogP contribution in [0, 0.1) is 0 Å². The van der Waals surface area contributed by atoms with Gasteiger partial charge in [-0.3, -0.25) is 0 Å². The number of aromatic nitrogens is 3. The van der Waals surface area contributed by atoms with E-state index >= 15 is 0 Å². The molecule has 2 heterocycles. The molecule has 0 aromatic carbocycles. The Bertz CT molecular complexity index is 478. The van der Waals surface area contributed by atoms with Crippen molar-refractivity contribution in [1.29, 1.82) is 0 Å². The van der Waals surface area contributed by atoms with E-state index in [0.29, 0.717) is 17.4 Å². The second-order valence-electron chi connectivity index (χ2n) is 3.05. The highest BCUT2D eigenvalue weighted by atomic mass is 79.9. The molecule has 2 aromatic heterocycles. The number of halogens is 2. The number of anilines is 1. The minimum atomic E-state index is 0.544. The molecular formula is C10H8BrClN4. The Hall–Kier alpha value is -1.20. The van der Waals surface area contributed by atoms with Crippen LogP contribution in [0.1, 0.15) is 5.69 Å². The number of nitrogens with zero attached hydrogens (tertiary/aromatic N) is 3. The van der Waals surface area contributed by atoms with Crippen molar-refractivity contribution in [3.8, 4) is 0 Å². The van der Waals surface area contributed by atoms with E-state index < -0.39 is 0 Å². The molecule has 0 bridgehead atoms. The van der Waals surface area contributed by atoms with Crippen molar-refractivity contribution in [1.82, 2.24) is 15.2 Å². The van der Waals surface area contributed by atoms with Gasteiger partial charge in [-0.05, 0) is 34.1 Å². The van der Waals surface area contributed by atoms with E-state index in [1.54, 1.807) is 18.5 Å². The van der Waals surface area contributed by atoms with Crippen LogP contribution in [-0.4, -0.2) is 15.2 Å². The van der Waals surface area contributed by atoms with Crippen molar-refractivity contribution in [2.24, 2.45) is 0 Å². The van der Waals surface area contributed by atoms with Gasteiger partial charge in [0, 0.05) is 16.9 Å². The summed E-state index contributed by atoms with van der Waals surface area (Å²) < 4.78 is 0.850. The third-order valence-electron chi connectivity index (χ3n) is 1.87. The van der Waals surface area contributed by atoms with Gasteiger partial charge in [0.15, 0.2) is 0 Å². The largest absolute Gasteiger partial charge is 0.363 e. The lowest BCUT2D eigenvalue weighted by Gasteiger charge is -2.06. The molecule has 0 aliphatic carbocycles. The number of nitrogens with one attached hydrogen (secondary N) is 1. The summed E-state index contributed by atoms with van der Waals surface area (Å²) in [5.74, 6) is 0.635. The van der Waals surface area contributed by atoms with Crippen LogP contribution in [0.25, 0.3) is 0 Å². The summed E-state index contributed by atoms with van der Waals surface area (Å²) >= 11 is 9.30. The van der Waals surface area contributed by atoms with Crippen LogP contribution in [0.3, 0.4) is 0 Å². The van der Waals surface area contributed by atoms with Gasteiger partial charge in [0.2, 0.25) is 0 Å². The molecule has 0 spiro atoms. The molecule has 0 saturated heterocycles. The minimum Gasteiger partial charge on any atom is -0.363 e. The van der Waals surface area contributed by atoms with Crippen molar-refractivity contribution in [2.45, 2.75) is 6.54 Å². The molecule has 1 N–H and O–H groups in total. The molecule has 4 nitrogen and oxygen atoms in total. The summed E-state index contributed by atoms with van der Waals surface area (Å²) in [6.45, 7) is 0.544. The van der Waals surface area contributed by atoms with Crippen LogP contribution in [0.4, 0.5) is 5.82 Å². The summed E-state index contributed by atoms with van der Waals surface area (Å²) in [5, 5.41) is 11.4. The highest BCUT2D eigenvalue weighted by molar-refractivity contribution is 9.10. The number of hydrogen-bond donors (Lipinski definition) is 1. The molecule has 2 rings (SSSR count). The molecule has 0 unspecified atom stereocenters. The Morgan fingerprint density at radius 1 is 1.44 bits per heavy atom. The van der Waals surface area contributed by atoms with Crippen LogP contribution in [0.5, 0.6) is 0 Å². The first-order chi connectivity index (χ1) is 7.75. The number of pyridine rings is 1. The molecule has 2 aromatic rings. The quantitative estimate of drug-likeness (QED) is 0.947. The molecule has 0 radical (unpaired) electrons. The molecule has 82 valence electrons. The lowest BCUT2D eigenvalue weighted by molar-refractivity contribution is 0.920.